The smallest absolute Gasteiger partial charge is 0.277 e. The van der Waals surface area contributed by atoms with E-state index in [2.05, 4.69) is 29.4 Å². The van der Waals surface area contributed by atoms with Gasteiger partial charge in [0, 0.05) is 16.6 Å². The second-order valence-corrected chi connectivity index (χ2v) is 8.75. The van der Waals surface area contributed by atoms with Crippen LogP contribution in [-0.2, 0) is 4.79 Å². The molecule has 1 amide bonds. The predicted molar refractivity (Wildman–Crippen MR) is 104 cm³/mol. The fourth-order valence-corrected chi connectivity index (χ4v) is 4.08. The minimum atomic E-state index is -0.294. The molecule has 0 saturated heterocycles. The third-order valence-corrected chi connectivity index (χ3v) is 6.37. The number of rotatable bonds is 5. The molecule has 1 heterocycles. The van der Waals surface area contributed by atoms with Crippen LogP contribution in [0.3, 0.4) is 0 Å². The van der Waals surface area contributed by atoms with Gasteiger partial charge < -0.3 is 9.73 Å². The number of carbonyl (C=O) groups is 1. The topological polar surface area (TPSA) is 68.0 Å². The molecule has 4 atom stereocenters. The van der Waals surface area contributed by atoms with Gasteiger partial charge in [-0.1, -0.05) is 50.1 Å². The van der Waals surface area contributed by atoms with Crippen LogP contribution in [0.4, 0.5) is 0 Å². The monoisotopic (exact) mass is 393 g/mol. The minimum absolute atomic E-state index is 0.0205. The van der Waals surface area contributed by atoms with Gasteiger partial charge in [-0.3, -0.25) is 4.79 Å². The zero-order valence-corrected chi connectivity index (χ0v) is 16.8. The number of nitrogens with zero attached hydrogens (tertiary/aromatic N) is 2. The molecule has 7 heteroatoms. The summed E-state index contributed by atoms with van der Waals surface area (Å²) in [7, 11) is 0. The Balaban J connectivity index is 1.58. The predicted octanol–water partition coefficient (Wildman–Crippen LogP) is 4.81. The molecule has 0 spiro atoms. The van der Waals surface area contributed by atoms with Crippen LogP contribution in [-0.4, -0.2) is 27.4 Å². The lowest BCUT2D eigenvalue weighted by Gasteiger charge is -2.35. The van der Waals surface area contributed by atoms with Crippen molar-refractivity contribution in [3.05, 3.63) is 29.3 Å². The highest BCUT2D eigenvalue weighted by atomic mass is 35.5. The summed E-state index contributed by atoms with van der Waals surface area (Å²) in [6, 6.07) is 7.45. The van der Waals surface area contributed by atoms with Gasteiger partial charge in [-0.2, -0.15) is 0 Å². The maximum atomic E-state index is 12.5. The van der Waals surface area contributed by atoms with E-state index in [4.69, 9.17) is 16.0 Å². The largest absolute Gasteiger partial charge is 0.411 e. The lowest BCUT2D eigenvalue weighted by atomic mass is 9.78. The molecule has 0 unspecified atom stereocenters. The van der Waals surface area contributed by atoms with Gasteiger partial charge in [0.1, 0.15) is 0 Å². The molecule has 2 aromatic rings. The molecule has 1 aliphatic carbocycles. The summed E-state index contributed by atoms with van der Waals surface area (Å²) in [6.45, 7) is 6.35. The summed E-state index contributed by atoms with van der Waals surface area (Å²) >= 11 is 7.17. The number of hydrogen-bond acceptors (Lipinski definition) is 5. The summed E-state index contributed by atoms with van der Waals surface area (Å²) in [6.07, 6.45) is 3.47. The molecule has 1 aliphatic rings. The highest BCUT2D eigenvalue weighted by molar-refractivity contribution is 8.00. The Morgan fingerprint density at radius 2 is 2.00 bits per heavy atom. The third-order valence-electron chi connectivity index (χ3n) is 5.18. The van der Waals surface area contributed by atoms with Crippen molar-refractivity contribution in [3.63, 3.8) is 0 Å². The van der Waals surface area contributed by atoms with Gasteiger partial charge in [0.15, 0.2) is 0 Å². The van der Waals surface area contributed by atoms with Crippen molar-refractivity contribution in [3.8, 4) is 11.5 Å². The van der Waals surface area contributed by atoms with Crippen LogP contribution in [0.2, 0.25) is 5.02 Å². The van der Waals surface area contributed by atoms with E-state index in [1.165, 1.54) is 24.6 Å². The number of aromatic nitrogens is 2. The molecule has 1 N–H and O–H groups in total. The van der Waals surface area contributed by atoms with Gasteiger partial charge >= 0.3 is 0 Å². The van der Waals surface area contributed by atoms with Gasteiger partial charge in [-0.25, -0.2) is 0 Å². The summed E-state index contributed by atoms with van der Waals surface area (Å²) in [5.74, 6) is 1.60. The Kier molecular flexibility index (Phi) is 6.24. The summed E-state index contributed by atoms with van der Waals surface area (Å²) in [4.78, 5) is 12.5. The number of nitrogens with one attached hydrogen (secondary N) is 1. The summed E-state index contributed by atoms with van der Waals surface area (Å²) in [5.41, 5.74) is 0.802. The zero-order valence-electron chi connectivity index (χ0n) is 15.2. The van der Waals surface area contributed by atoms with Crippen LogP contribution in [0.15, 0.2) is 33.9 Å². The average molecular weight is 394 g/mol. The quantitative estimate of drug-likeness (QED) is 0.738. The molecule has 1 aromatic heterocycles. The third kappa shape index (κ3) is 4.60. The molecular weight excluding hydrogens is 370 g/mol. The van der Waals surface area contributed by atoms with Crippen molar-refractivity contribution in [2.45, 2.75) is 56.5 Å². The molecule has 5 nitrogen and oxygen atoms in total. The van der Waals surface area contributed by atoms with Gasteiger partial charge in [0.25, 0.3) is 5.22 Å². The summed E-state index contributed by atoms with van der Waals surface area (Å²) in [5, 5.41) is 12.0. The lowest BCUT2D eigenvalue weighted by molar-refractivity contribution is -0.121. The van der Waals surface area contributed by atoms with E-state index in [0.717, 1.165) is 12.0 Å². The first-order valence-corrected chi connectivity index (χ1v) is 10.3. The normalized spacial score (nSPS) is 24.2. The van der Waals surface area contributed by atoms with E-state index in [1.54, 1.807) is 12.1 Å². The van der Waals surface area contributed by atoms with Crippen molar-refractivity contribution in [2.75, 3.05) is 0 Å². The molecule has 0 radical (unpaired) electrons. The second-order valence-electron chi connectivity index (χ2n) is 7.02. The van der Waals surface area contributed by atoms with Crippen LogP contribution in [0, 0.1) is 11.8 Å². The standard InChI is InChI=1S/C19H24ClN3O2S/c1-11-5-4-6-16(12(11)2)21-17(24)13(3)26-19-23-22-18(25-19)14-7-9-15(20)10-8-14/h7-13,16H,4-6H2,1-3H3,(H,21,24)/t11-,12+,13+,16+/m0/s1. The average Bonchev–Trinajstić information content (AvgIpc) is 3.08. The van der Waals surface area contributed by atoms with Gasteiger partial charge in [-0.15, -0.1) is 10.2 Å². The first-order valence-electron chi connectivity index (χ1n) is 9.00. The SMILES string of the molecule is C[C@@H]1[C@@H](C)CCC[C@H]1NC(=O)[C@@H](C)Sc1nnc(-c2ccc(Cl)cc2)o1. The van der Waals surface area contributed by atoms with E-state index < -0.39 is 0 Å². The number of benzene rings is 1. The molecule has 1 saturated carbocycles. The number of amides is 1. The van der Waals surface area contributed by atoms with Crippen molar-refractivity contribution in [1.29, 1.82) is 0 Å². The minimum Gasteiger partial charge on any atom is -0.411 e. The first-order chi connectivity index (χ1) is 12.4. The molecule has 26 heavy (non-hydrogen) atoms. The van der Waals surface area contributed by atoms with E-state index in [9.17, 15) is 4.79 Å². The number of hydrogen-bond donors (Lipinski definition) is 1. The van der Waals surface area contributed by atoms with Gasteiger partial charge in [-0.05, 0) is 49.4 Å². The molecule has 0 bridgehead atoms. The molecular formula is C19H24ClN3O2S. The maximum Gasteiger partial charge on any atom is 0.277 e. The Morgan fingerprint density at radius 3 is 2.73 bits per heavy atom. The van der Waals surface area contributed by atoms with E-state index >= 15 is 0 Å². The molecule has 0 aliphatic heterocycles. The van der Waals surface area contributed by atoms with E-state index in [0.29, 0.717) is 28.0 Å². The Labute approximate surface area is 163 Å². The fraction of sp³-hybridized carbons (Fsp3) is 0.526. The maximum absolute atomic E-state index is 12.5. The fourth-order valence-electron chi connectivity index (χ4n) is 3.26. The second kappa shape index (κ2) is 8.44. The molecule has 1 fully saturated rings. The Bertz CT molecular complexity index is 749. The summed E-state index contributed by atoms with van der Waals surface area (Å²) < 4.78 is 5.68. The molecule has 140 valence electrons. The highest BCUT2D eigenvalue weighted by Crippen LogP contribution is 2.31. The van der Waals surface area contributed by atoms with Crippen molar-refractivity contribution in [2.24, 2.45) is 11.8 Å². The number of carbonyl (C=O) groups excluding carboxylic acids is 1. The van der Waals surface area contributed by atoms with Crippen LogP contribution in [0.25, 0.3) is 11.5 Å². The van der Waals surface area contributed by atoms with Crippen molar-refractivity contribution in [1.82, 2.24) is 15.5 Å². The first kappa shape index (κ1) is 19.2. The van der Waals surface area contributed by atoms with Crippen LogP contribution in [0.1, 0.15) is 40.0 Å². The van der Waals surface area contributed by atoms with Gasteiger partial charge in [0.05, 0.1) is 5.25 Å². The highest BCUT2D eigenvalue weighted by Gasteiger charge is 2.29. The number of thioether (sulfide) groups is 1. The van der Waals surface area contributed by atoms with Crippen molar-refractivity contribution < 1.29 is 9.21 Å². The zero-order chi connectivity index (χ0) is 18.7. The van der Waals surface area contributed by atoms with Crippen LogP contribution in [0.5, 0.6) is 0 Å². The van der Waals surface area contributed by atoms with E-state index in [-0.39, 0.29) is 17.2 Å². The van der Waals surface area contributed by atoms with Crippen molar-refractivity contribution >= 4 is 29.3 Å². The van der Waals surface area contributed by atoms with Crippen LogP contribution < -0.4 is 5.32 Å². The van der Waals surface area contributed by atoms with E-state index in [1.807, 2.05) is 19.1 Å². The molecule has 3 rings (SSSR count). The lowest BCUT2D eigenvalue weighted by Crippen LogP contribution is -2.46. The Hall–Kier alpha value is -1.53. The number of halogens is 1. The Morgan fingerprint density at radius 1 is 1.27 bits per heavy atom. The van der Waals surface area contributed by atoms with Crippen LogP contribution >= 0.6 is 23.4 Å². The van der Waals surface area contributed by atoms with Gasteiger partial charge in [0.2, 0.25) is 11.8 Å². The molecule has 1 aromatic carbocycles.